The number of hydrogen-bond donors (Lipinski definition) is 2. The molecule has 0 saturated heterocycles. The molecule has 1 aromatic heterocycles. The first-order valence-corrected chi connectivity index (χ1v) is 9.14. The van der Waals surface area contributed by atoms with Gasteiger partial charge in [0.25, 0.3) is 11.7 Å². The summed E-state index contributed by atoms with van der Waals surface area (Å²) in [7, 11) is 0. The number of Topliss-reactive ketones (excluding diaryl/α,β-unsaturated/α-hetero) is 1. The van der Waals surface area contributed by atoms with Gasteiger partial charge in [0, 0.05) is 16.6 Å². The minimum Gasteiger partial charge on any atom is -0.354 e. The molecule has 0 saturated carbocycles. The molecule has 0 unspecified atom stereocenters. The molecule has 0 aliphatic heterocycles. The zero-order valence-electron chi connectivity index (χ0n) is 15.7. The molecule has 0 atom stereocenters. The average molecular weight is 368 g/mol. The number of benzene rings is 3. The molecule has 2 N–H and O–H groups in total. The number of para-hydroxylation sites is 2. The molecule has 0 bridgehead atoms. The van der Waals surface area contributed by atoms with Gasteiger partial charge in [-0.15, -0.1) is 0 Å². The van der Waals surface area contributed by atoms with Gasteiger partial charge in [-0.25, -0.2) is 0 Å². The number of ketones is 1. The van der Waals surface area contributed by atoms with Crippen molar-refractivity contribution in [1.29, 1.82) is 0 Å². The number of nitrogens with one attached hydrogen (secondary N) is 2. The first-order valence-electron chi connectivity index (χ1n) is 9.14. The van der Waals surface area contributed by atoms with Gasteiger partial charge >= 0.3 is 0 Å². The summed E-state index contributed by atoms with van der Waals surface area (Å²) in [6, 6.07) is 22.9. The molecule has 0 aliphatic rings. The number of carbonyl (C=O) groups excluding carboxylic acids is 2. The molecule has 4 rings (SSSR count). The summed E-state index contributed by atoms with van der Waals surface area (Å²) in [6.45, 7) is 3.82. The normalized spacial score (nSPS) is 10.8. The highest BCUT2D eigenvalue weighted by molar-refractivity contribution is 6.49. The fourth-order valence-electron chi connectivity index (χ4n) is 3.49. The highest BCUT2D eigenvalue weighted by Gasteiger charge is 2.25. The Hall–Kier alpha value is -3.66. The summed E-state index contributed by atoms with van der Waals surface area (Å²) in [5.41, 5.74) is 5.26. The zero-order valence-corrected chi connectivity index (χ0v) is 15.7. The lowest BCUT2D eigenvalue weighted by Gasteiger charge is -2.11. The second kappa shape index (κ2) is 7.16. The van der Waals surface area contributed by atoms with Gasteiger partial charge in [0.15, 0.2) is 0 Å². The van der Waals surface area contributed by atoms with E-state index in [1.807, 2.05) is 86.6 Å². The van der Waals surface area contributed by atoms with Crippen molar-refractivity contribution >= 4 is 28.3 Å². The third-order valence-corrected chi connectivity index (χ3v) is 4.92. The van der Waals surface area contributed by atoms with Crippen molar-refractivity contribution in [1.82, 2.24) is 4.98 Å². The molecule has 1 heterocycles. The smallest absolute Gasteiger partial charge is 0.296 e. The Morgan fingerprint density at radius 3 is 2.14 bits per heavy atom. The van der Waals surface area contributed by atoms with E-state index in [1.165, 1.54) is 0 Å². The standard InChI is InChI=1S/C24H20N2O2/c1-15-9-8-10-16(2)21(15)26-24(28)23(27)20-18-13-6-7-14-19(18)25-22(20)17-11-4-3-5-12-17/h3-14,25H,1-2H3,(H,26,28). The Labute approximate surface area is 163 Å². The fourth-order valence-corrected chi connectivity index (χ4v) is 3.49. The van der Waals surface area contributed by atoms with Crippen LogP contribution in [0.1, 0.15) is 21.5 Å². The van der Waals surface area contributed by atoms with E-state index >= 15 is 0 Å². The van der Waals surface area contributed by atoms with Crippen LogP contribution in [0.5, 0.6) is 0 Å². The zero-order chi connectivity index (χ0) is 19.7. The second-order valence-electron chi connectivity index (χ2n) is 6.84. The largest absolute Gasteiger partial charge is 0.354 e. The number of rotatable bonds is 4. The van der Waals surface area contributed by atoms with Gasteiger partial charge in [0.2, 0.25) is 0 Å². The maximum absolute atomic E-state index is 13.2. The van der Waals surface area contributed by atoms with Crippen LogP contribution in [0.4, 0.5) is 5.69 Å². The van der Waals surface area contributed by atoms with Crippen molar-refractivity contribution in [3.63, 3.8) is 0 Å². The van der Waals surface area contributed by atoms with Crippen LogP contribution in [0.2, 0.25) is 0 Å². The molecule has 4 heteroatoms. The molecule has 4 aromatic rings. The van der Waals surface area contributed by atoms with Crippen molar-refractivity contribution < 1.29 is 9.59 Å². The van der Waals surface area contributed by atoms with E-state index in [2.05, 4.69) is 10.3 Å². The molecular formula is C24H20N2O2. The molecule has 0 spiro atoms. The third kappa shape index (κ3) is 3.09. The number of carbonyl (C=O) groups is 2. The van der Waals surface area contributed by atoms with Crippen LogP contribution in [0.25, 0.3) is 22.2 Å². The predicted molar refractivity (Wildman–Crippen MR) is 113 cm³/mol. The molecule has 3 aromatic carbocycles. The number of aromatic nitrogens is 1. The van der Waals surface area contributed by atoms with Gasteiger partial charge in [-0.05, 0) is 36.6 Å². The molecule has 0 radical (unpaired) electrons. The van der Waals surface area contributed by atoms with Gasteiger partial charge in [0.05, 0.1) is 11.3 Å². The summed E-state index contributed by atoms with van der Waals surface area (Å²) in [5, 5.41) is 3.55. The molecule has 1 amide bonds. The first-order chi connectivity index (χ1) is 13.6. The van der Waals surface area contributed by atoms with Gasteiger partial charge in [0.1, 0.15) is 0 Å². The lowest BCUT2D eigenvalue weighted by molar-refractivity contribution is -0.112. The number of hydrogen-bond acceptors (Lipinski definition) is 2. The van der Waals surface area contributed by atoms with Crippen molar-refractivity contribution in [3.05, 3.63) is 89.5 Å². The van der Waals surface area contributed by atoms with Gasteiger partial charge < -0.3 is 10.3 Å². The van der Waals surface area contributed by atoms with Crippen LogP contribution in [0, 0.1) is 13.8 Å². The van der Waals surface area contributed by atoms with Gasteiger partial charge in [-0.2, -0.15) is 0 Å². The van der Waals surface area contributed by atoms with E-state index in [1.54, 1.807) is 0 Å². The second-order valence-corrected chi connectivity index (χ2v) is 6.84. The molecule has 28 heavy (non-hydrogen) atoms. The Morgan fingerprint density at radius 1 is 0.786 bits per heavy atom. The number of aromatic amines is 1. The number of anilines is 1. The minimum absolute atomic E-state index is 0.394. The topological polar surface area (TPSA) is 62.0 Å². The molecule has 4 nitrogen and oxygen atoms in total. The highest BCUT2D eigenvalue weighted by Crippen LogP contribution is 2.31. The van der Waals surface area contributed by atoms with Crippen molar-refractivity contribution in [3.8, 4) is 11.3 Å². The molecule has 0 fully saturated rings. The van der Waals surface area contributed by atoms with Gasteiger partial charge in [-0.3, -0.25) is 9.59 Å². The SMILES string of the molecule is Cc1cccc(C)c1NC(=O)C(=O)c1c(-c2ccccc2)[nH]c2ccccc12. The minimum atomic E-state index is -0.640. The summed E-state index contributed by atoms with van der Waals surface area (Å²) in [4.78, 5) is 29.4. The van der Waals surface area contributed by atoms with Crippen LogP contribution in [0.3, 0.4) is 0 Å². The van der Waals surface area contributed by atoms with Gasteiger partial charge in [-0.1, -0.05) is 66.7 Å². The first kappa shape index (κ1) is 17.7. The lowest BCUT2D eigenvalue weighted by Crippen LogP contribution is -2.24. The Morgan fingerprint density at radius 2 is 1.43 bits per heavy atom. The Bertz CT molecular complexity index is 1170. The van der Waals surface area contributed by atoms with Crippen LogP contribution in [0.15, 0.2) is 72.8 Å². The monoisotopic (exact) mass is 368 g/mol. The third-order valence-electron chi connectivity index (χ3n) is 4.92. The van der Waals surface area contributed by atoms with E-state index < -0.39 is 11.7 Å². The Balaban J connectivity index is 1.80. The molecule has 0 aliphatic carbocycles. The Kier molecular flexibility index (Phi) is 4.53. The van der Waals surface area contributed by atoms with Crippen LogP contribution >= 0.6 is 0 Å². The quantitative estimate of drug-likeness (QED) is 0.381. The van der Waals surface area contributed by atoms with Crippen molar-refractivity contribution in [2.24, 2.45) is 0 Å². The van der Waals surface area contributed by atoms with E-state index in [-0.39, 0.29) is 0 Å². The fraction of sp³-hybridized carbons (Fsp3) is 0.0833. The van der Waals surface area contributed by atoms with Crippen LogP contribution in [-0.2, 0) is 4.79 Å². The summed E-state index contributed by atoms with van der Waals surface area (Å²) in [5.74, 6) is -1.20. The van der Waals surface area contributed by atoms with E-state index in [4.69, 9.17) is 0 Å². The number of aryl methyl sites for hydroxylation is 2. The van der Waals surface area contributed by atoms with E-state index in [9.17, 15) is 9.59 Å². The van der Waals surface area contributed by atoms with Crippen molar-refractivity contribution in [2.75, 3.05) is 5.32 Å². The molecular weight excluding hydrogens is 348 g/mol. The maximum atomic E-state index is 13.2. The number of fused-ring (bicyclic) bond motifs is 1. The highest BCUT2D eigenvalue weighted by atomic mass is 16.2. The lowest BCUT2D eigenvalue weighted by atomic mass is 10.0. The van der Waals surface area contributed by atoms with E-state index in [0.29, 0.717) is 16.9 Å². The molecule has 138 valence electrons. The van der Waals surface area contributed by atoms with Crippen molar-refractivity contribution in [2.45, 2.75) is 13.8 Å². The summed E-state index contributed by atoms with van der Waals surface area (Å²) >= 11 is 0. The maximum Gasteiger partial charge on any atom is 0.296 e. The van der Waals surface area contributed by atoms with E-state index in [0.717, 1.165) is 27.6 Å². The van der Waals surface area contributed by atoms with Crippen LogP contribution in [-0.4, -0.2) is 16.7 Å². The number of amides is 1. The van der Waals surface area contributed by atoms with Crippen LogP contribution < -0.4 is 5.32 Å². The number of H-pyrrole nitrogens is 1. The average Bonchev–Trinajstić information content (AvgIpc) is 3.10. The summed E-state index contributed by atoms with van der Waals surface area (Å²) in [6.07, 6.45) is 0. The summed E-state index contributed by atoms with van der Waals surface area (Å²) < 4.78 is 0. The predicted octanol–water partition coefficient (Wildman–Crippen LogP) is 5.27.